The van der Waals surface area contributed by atoms with E-state index in [-0.39, 0.29) is 5.91 Å². The molecular weight excluding hydrogens is 312 g/mol. The van der Waals surface area contributed by atoms with Crippen molar-refractivity contribution in [1.29, 1.82) is 0 Å². The summed E-state index contributed by atoms with van der Waals surface area (Å²) in [5, 5.41) is 8.72. The summed E-state index contributed by atoms with van der Waals surface area (Å²) in [4.78, 5) is 12.4. The van der Waals surface area contributed by atoms with Crippen molar-refractivity contribution in [2.24, 2.45) is 5.92 Å². The molecule has 1 aromatic heterocycles. The molecule has 6 nitrogen and oxygen atoms in total. The highest BCUT2D eigenvalue weighted by Gasteiger charge is 2.13. The average molecular weight is 334 g/mol. The number of aromatic nitrogens is 3. The summed E-state index contributed by atoms with van der Waals surface area (Å²) >= 11 is 1.53. The summed E-state index contributed by atoms with van der Waals surface area (Å²) in [6.07, 6.45) is 0. The predicted molar refractivity (Wildman–Crippen MR) is 91.6 cm³/mol. The van der Waals surface area contributed by atoms with E-state index in [0.29, 0.717) is 29.1 Å². The molecule has 1 aromatic carbocycles. The van der Waals surface area contributed by atoms with Gasteiger partial charge in [0.25, 0.3) is 5.91 Å². The third-order valence-corrected chi connectivity index (χ3v) is 3.79. The molecule has 7 heteroatoms. The zero-order chi connectivity index (χ0) is 16.8. The number of carbonyl (C=O) groups is 1. The highest BCUT2D eigenvalue weighted by Crippen LogP contribution is 2.16. The fraction of sp³-hybridized carbons (Fsp3) is 0.438. The Bertz CT molecular complexity index is 653. The molecule has 1 amide bonds. The molecule has 2 rings (SSSR count). The zero-order valence-corrected chi connectivity index (χ0v) is 14.7. The van der Waals surface area contributed by atoms with E-state index in [9.17, 15) is 4.79 Å². The van der Waals surface area contributed by atoms with Crippen molar-refractivity contribution in [1.82, 2.24) is 14.9 Å². The number of thioether (sulfide) groups is 1. The van der Waals surface area contributed by atoms with Crippen LogP contribution in [0.5, 0.6) is 5.75 Å². The minimum Gasteiger partial charge on any atom is -0.493 e. The largest absolute Gasteiger partial charge is 0.493 e. The standard InChI is InChI=1S/C16H22N4O2S/c1-5-23-16-18-17-12(4)20(16)19-15(21)13-6-8-14(9-7-13)22-10-11(2)3/h6-9,11H,5,10H2,1-4H3,(H,19,21). The number of nitrogens with zero attached hydrogens (tertiary/aromatic N) is 3. The molecule has 23 heavy (non-hydrogen) atoms. The number of hydrogen-bond donors (Lipinski definition) is 1. The van der Waals surface area contributed by atoms with Gasteiger partial charge in [0.1, 0.15) is 11.6 Å². The molecule has 0 saturated heterocycles. The molecular formula is C16H22N4O2S. The Hall–Kier alpha value is -2.02. The number of nitrogens with one attached hydrogen (secondary N) is 1. The Morgan fingerprint density at radius 1 is 1.30 bits per heavy atom. The SMILES string of the molecule is CCSc1nnc(C)n1NC(=O)c1ccc(OCC(C)C)cc1. The van der Waals surface area contributed by atoms with Crippen LogP contribution in [0.1, 0.15) is 37.0 Å². The van der Waals surface area contributed by atoms with Crippen molar-refractivity contribution in [2.75, 3.05) is 17.8 Å². The van der Waals surface area contributed by atoms with Crippen molar-refractivity contribution in [3.63, 3.8) is 0 Å². The fourth-order valence-corrected chi connectivity index (χ4v) is 2.49. The molecule has 124 valence electrons. The number of amides is 1. The molecule has 0 fully saturated rings. The van der Waals surface area contributed by atoms with E-state index in [2.05, 4.69) is 29.5 Å². The van der Waals surface area contributed by atoms with Crippen LogP contribution in [0.25, 0.3) is 0 Å². The van der Waals surface area contributed by atoms with Gasteiger partial charge in [0, 0.05) is 5.56 Å². The van der Waals surface area contributed by atoms with Gasteiger partial charge in [-0.25, -0.2) is 4.68 Å². The molecule has 1 N–H and O–H groups in total. The molecule has 0 aliphatic carbocycles. The number of ether oxygens (including phenoxy) is 1. The summed E-state index contributed by atoms with van der Waals surface area (Å²) in [7, 11) is 0. The molecule has 0 aliphatic heterocycles. The van der Waals surface area contributed by atoms with Crippen molar-refractivity contribution in [3.8, 4) is 5.75 Å². The molecule has 0 atom stereocenters. The highest BCUT2D eigenvalue weighted by atomic mass is 32.2. The van der Waals surface area contributed by atoms with Gasteiger partial charge < -0.3 is 4.74 Å². The van der Waals surface area contributed by atoms with E-state index >= 15 is 0 Å². The summed E-state index contributed by atoms with van der Waals surface area (Å²) in [5.41, 5.74) is 3.38. The lowest BCUT2D eigenvalue weighted by Crippen LogP contribution is -2.24. The lowest BCUT2D eigenvalue weighted by molar-refractivity contribution is 0.100. The molecule has 0 bridgehead atoms. The maximum Gasteiger partial charge on any atom is 0.270 e. The molecule has 1 heterocycles. The van der Waals surface area contributed by atoms with Gasteiger partial charge >= 0.3 is 0 Å². The minimum atomic E-state index is -0.207. The van der Waals surface area contributed by atoms with Gasteiger partial charge in [-0.05, 0) is 42.9 Å². The van der Waals surface area contributed by atoms with Crippen LogP contribution in [0, 0.1) is 12.8 Å². The quantitative estimate of drug-likeness (QED) is 0.788. The van der Waals surface area contributed by atoms with Crippen LogP contribution in [0.2, 0.25) is 0 Å². The van der Waals surface area contributed by atoms with Gasteiger partial charge in [0.15, 0.2) is 0 Å². The first-order valence-corrected chi connectivity index (χ1v) is 8.58. The van der Waals surface area contributed by atoms with E-state index < -0.39 is 0 Å². The first-order valence-electron chi connectivity index (χ1n) is 7.60. The summed E-state index contributed by atoms with van der Waals surface area (Å²) in [6, 6.07) is 7.10. The van der Waals surface area contributed by atoms with E-state index in [0.717, 1.165) is 11.5 Å². The lowest BCUT2D eigenvalue weighted by atomic mass is 10.2. The van der Waals surface area contributed by atoms with Gasteiger partial charge in [-0.15, -0.1) is 10.2 Å². The fourth-order valence-electron chi connectivity index (χ4n) is 1.83. The minimum absolute atomic E-state index is 0.207. The number of aryl methyl sites for hydroxylation is 1. The predicted octanol–water partition coefficient (Wildman–Crippen LogP) is 3.12. The Kier molecular flexibility index (Phi) is 6.04. The maximum absolute atomic E-state index is 12.4. The van der Waals surface area contributed by atoms with Crippen molar-refractivity contribution in [2.45, 2.75) is 32.9 Å². The second kappa shape index (κ2) is 8.01. The molecule has 2 aromatic rings. The monoisotopic (exact) mass is 334 g/mol. The van der Waals surface area contributed by atoms with Gasteiger partial charge in [-0.3, -0.25) is 10.2 Å². The number of benzene rings is 1. The Morgan fingerprint density at radius 2 is 2.00 bits per heavy atom. The van der Waals surface area contributed by atoms with Crippen LogP contribution in [-0.4, -0.2) is 33.1 Å². The molecule has 0 spiro atoms. The van der Waals surface area contributed by atoms with E-state index in [1.807, 2.05) is 6.92 Å². The molecule has 0 unspecified atom stereocenters. The van der Waals surface area contributed by atoms with Crippen LogP contribution < -0.4 is 10.2 Å². The van der Waals surface area contributed by atoms with Gasteiger partial charge in [0.05, 0.1) is 6.61 Å². The maximum atomic E-state index is 12.4. The summed E-state index contributed by atoms with van der Waals surface area (Å²) in [6.45, 7) is 8.67. The Balaban J connectivity index is 2.05. The average Bonchev–Trinajstić information content (AvgIpc) is 2.87. The van der Waals surface area contributed by atoms with Gasteiger partial charge in [0.2, 0.25) is 5.16 Å². The first-order chi connectivity index (χ1) is 11.0. The van der Waals surface area contributed by atoms with Crippen LogP contribution in [0.15, 0.2) is 29.4 Å². The Morgan fingerprint density at radius 3 is 2.61 bits per heavy atom. The van der Waals surface area contributed by atoms with E-state index in [1.54, 1.807) is 35.9 Å². The number of carbonyl (C=O) groups excluding carboxylic acids is 1. The summed E-state index contributed by atoms with van der Waals surface area (Å²) < 4.78 is 7.23. The van der Waals surface area contributed by atoms with E-state index in [1.165, 1.54) is 11.8 Å². The summed E-state index contributed by atoms with van der Waals surface area (Å²) in [5.74, 6) is 2.52. The first kappa shape index (κ1) is 17.3. The van der Waals surface area contributed by atoms with Gasteiger partial charge in [-0.1, -0.05) is 32.5 Å². The lowest BCUT2D eigenvalue weighted by Gasteiger charge is -2.11. The topological polar surface area (TPSA) is 69.0 Å². The third-order valence-electron chi connectivity index (χ3n) is 2.98. The highest BCUT2D eigenvalue weighted by molar-refractivity contribution is 7.99. The molecule has 0 aliphatic rings. The molecule has 0 radical (unpaired) electrons. The second-order valence-electron chi connectivity index (χ2n) is 5.47. The van der Waals surface area contributed by atoms with Crippen LogP contribution in [0.3, 0.4) is 0 Å². The van der Waals surface area contributed by atoms with Crippen molar-refractivity contribution < 1.29 is 9.53 Å². The van der Waals surface area contributed by atoms with Crippen LogP contribution in [-0.2, 0) is 0 Å². The second-order valence-corrected chi connectivity index (χ2v) is 6.70. The van der Waals surface area contributed by atoms with Crippen LogP contribution in [0.4, 0.5) is 0 Å². The number of hydrogen-bond acceptors (Lipinski definition) is 5. The van der Waals surface area contributed by atoms with E-state index in [4.69, 9.17) is 4.74 Å². The normalized spacial score (nSPS) is 10.8. The zero-order valence-electron chi connectivity index (χ0n) is 13.9. The van der Waals surface area contributed by atoms with Gasteiger partial charge in [-0.2, -0.15) is 0 Å². The Labute approximate surface area is 140 Å². The van der Waals surface area contributed by atoms with Crippen molar-refractivity contribution in [3.05, 3.63) is 35.7 Å². The van der Waals surface area contributed by atoms with Crippen molar-refractivity contribution >= 4 is 17.7 Å². The van der Waals surface area contributed by atoms with Crippen LogP contribution >= 0.6 is 11.8 Å². The number of rotatable bonds is 7. The third kappa shape index (κ3) is 4.72. The molecule has 0 saturated carbocycles. The smallest absolute Gasteiger partial charge is 0.270 e.